The van der Waals surface area contributed by atoms with Crippen LogP contribution in [0.15, 0.2) is 53.4 Å². The van der Waals surface area contributed by atoms with Crippen molar-refractivity contribution in [2.24, 2.45) is 0 Å². The third kappa shape index (κ3) is 6.40. The van der Waals surface area contributed by atoms with Crippen molar-refractivity contribution in [2.75, 3.05) is 12.8 Å². The summed E-state index contributed by atoms with van der Waals surface area (Å²) >= 11 is 0. The molecule has 0 spiro atoms. The summed E-state index contributed by atoms with van der Waals surface area (Å²) in [6.45, 7) is 8.14. The number of nitrogens with zero attached hydrogens (tertiary/aromatic N) is 1. The zero-order valence-corrected chi connectivity index (χ0v) is 17.9. The molecule has 0 atom stereocenters. The van der Waals surface area contributed by atoms with Gasteiger partial charge in [-0.05, 0) is 62.4 Å². The molecule has 0 fully saturated rings. The molecule has 0 aliphatic rings. The first-order valence-corrected chi connectivity index (χ1v) is 11.2. The van der Waals surface area contributed by atoms with Gasteiger partial charge in [0.15, 0.2) is 9.84 Å². The van der Waals surface area contributed by atoms with E-state index in [2.05, 4.69) is 36.5 Å². The van der Waals surface area contributed by atoms with Gasteiger partial charge in [0, 0.05) is 30.0 Å². The fourth-order valence-electron chi connectivity index (χ4n) is 2.77. The molecule has 7 nitrogen and oxygen atoms in total. The maximum Gasteiger partial charge on any atom is 0.269 e. The van der Waals surface area contributed by atoms with E-state index in [1.807, 2.05) is 12.1 Å². The first kappa shape index (κ1) is 22.6. The topological polar surface area (TPSA) is 95.6 Å². The van der Waals surface area contributed by atoms with Crippen LogP contribution in [0, 0.1) is 0 Å². The van der Waals surface area contributed by atoms with E-state index in [0.29, 0.717) is 11.6 Å². The minimum absolute atomic E-state index is 0.122. The molecule has 8 heteroatoms. The molecule has 0 aromatic heterocycles. The van der Waals surface area contributed by atoms with E-state index in [-0.39, 0.29) is 10.5 Å². The summed E-state index contributed by atoms with van der Waals surface area (Å²) in [7, 11) is -3.33. The Balaban J connectivity index is 1.94. The van der Waals surface area contributed by atoms with Crippen molar-refractivity contribution in [3.8, 4) is 0 Å². The number of hydrazine groups is 1. The number of hydrogen-bond donors (Lipinski definition) is 2. The molecule has 0 radical (unpaired) electrons. The second kappa shape index (κ2) is 9.67. The molecule has 0 aliphatic carbocycles. The monoisotopic (exact) mass is 417 g/mol. The first-order valence-electron chi connectivity index (χ1n) is 9.35. The van der Waals surface area contributed by atoms with E-state index in [9.17, 15) is 18.0 Å². The molecular weight excluding hydrogens is 390 g/mol. The number of hydrogen-bond acceptors (Lipinski definition) is 5. The van der Waals surface area contributed by atoms with E-state index >= 15 is 0 Å². The molecule has 2 N–H and O–H groups in total. The highest BCUT2D eigenvalue weighted by Crippen LogP contribution is 2.11. The average molecular weight is 418 g/mol. The fraction of sp³-hybridized carbons (Fsp3) is 0.333. The van der Waals surface area contributed by atoms with Crippen LogP contribution in [0.5, 0.6) is 0 Å². The standard InChI is InChI=1S/C21H27N3O4S/c1-5-24(15(2)3)14-16-6-8-17(9-7-16)20(25)22-23-21(26)18-10-12-19(13-11-18)29(4,27)28/h6-13,15H,5,14H2,1-4H3,(H,22,25)(H,23,26). The molecular formula is C21H27N3O4S. The van der Waals surface area contributed by atoms with Crippen LogP contribution >= 0.6 is 0 Å². The van der Waals surface area contributed by atoms with Crippen LogP contribution in [0.4, 0.5) is 0 Å². The zero-order chi connectivity index (χ0) is 21.6. The van der Waals surface area contributed by atoms with Gasteiger partial charge in [0.05, 0.1) is 4.90 Å². The fourth-order valence-corrected chi connectivity index (χ4v) is 3.40. The maximum absolute atomic E-state index is 12.2. The van der Waals surface area contributed by atoms with Crippen LogP contribution in [-0.4, -0.2) is 44.0 Å². The molecule has 2 rings (SSSR count). The summed E-state index contributed by atoms with van der Waals surface area (Å²) < 4.78 is 22.9. The van der Waals surface area contributed by atoms with E-state index in [1.165, 1.54) is 24.3 Å². The van der Waals surface area contributed by atoms with Crippen molar-refractivity contribution in [1.29, 1.82) is 0 Å². The SMILES string of the molecule is CCN(Cc1ccc(C(=O)NNC(=O)c2ccc(S(C)(=O)=O)cc2)cc1)C(C)C. The van der Waals surface area contributed by atoms with E-state index in [1.54, 1.807) is 12.1 Å². The van der Waals surface area contributed by atoms with Crippen LogP contribution in [-0.2, 0) is 16.4 Å². The van der Waals surface area contributed by atoms with Crippen LogP contribution in [0.1, 0.15) is 47.1 Å². The molecule has 0 unspecified atom stereocenters. The summed E-state index contributed by atoms with van der Waals surface area (Å²) in [5.74, 6) is -0.973. The summed E-state index contributed by atoms with van der Waals surface area (Å²) in [6.07, 6.45) is 1.09. The van der Waals surface area contributed by atoms with E-state index in [0.717, 1.165) is 24.9 Å². The highest BCUT2D eigenvalue weighted by Gasteiger charge is 2.12. The lowest BCUT2D eigenvalue weighted by Crippen LogP contribution is -2.41. The lowest BCUT2D eigenvalue weighted by molar-refractivity contribution is 0.0846. The molecule has 2 aromatic carbocycles. The Morgan fingerprint density at radius 1 is 0.897 bits per heavy atom. The number of benzene rings is 2. The molecule has 0 saturated carbocycles. The van der Waals surface area contributed by atoms with Gasteiger partial charge in [0.2, 0.25) is 0 Å². The van der Waals surface area contributed by atoms with Gasteiger partial charge in [0.25, 0.3) is 11.8 Å². The molecule has 0 aliphatic heterocycles. The second-order valence-corrected chi connectivity index (χ2v) is 9.07. The Bertz CT molecular complexity index is 952. The first-order chi connectivity index (χ1) is 13.6. The third-order valence-corrected chi connectivity index (χ3v) is 5.70. The predicted octanol–water partition coefficient (Wildman–Crippen LogP) is 2.40. The van der Waals surface area contributed by atoms with Crippen molar-refractivity contribution in [3.63, 3.8) is 0 Å². The van der Waals surface area contributed by atoms with Crippen molar-refractivity contribution in [3.05, 3.63) is 65.2 Å². The van der Waals surface area contributed by atoms with Gasteiger partial charge < -0.3 is 0 Å². The number of amides is 2. The van der Waals surface area contributed by atoms with Crippen LogP contribution < -0.4 is 10.9 Å². The minimum Gasteiger partial charge on any atom is -0.297 e. The number of carbonyl (C=O) groups excluding carboxylic acids is 2. The molecule has 0 bridgehead atoms. The minimum atomic E-state index is -3.33. The average Bonchev–Trinajstić information content (AvgIpc) is 2.69. The van der Waals surface area contributed by atoms with Gasteiger partial charge in [-0.1, -0.05) is 19.1 Å². The number of nitrogens with one attached hydrogen (secondary N) is 2. The Morgan fingerprint density at radius 2 is 1.34 bits per heavy atom. The van der Waals surface area contributed by atoms with Gasteiger partial charge in [-0.2, -0.15) is 0 Å². The molecule has 2 amide bonds. The molecule has 0 saturated heterocycles. The normalized spacial score (nSPS) is 11.5. The quantitative estimate of drug-likeness (QED) is 0.675. The summed E-state index contributed by atoms with van der Waals surface area (Å²) in [5.41, 5.74) is 6.46. The summed E-state index contributed by atoms with van der Waals surface area (Å²) in [4.78, 5) is 26.8. The molecule has 29 heavy (non-hydrogen) atoms. The third-order valence-electron chi connectivity index (χ3n) is 4.57. The Hall–Kier alpha value is -2.71. The highest BCUT2D eigenvalue weighted by molar-refractivity contribution is 7.90. The van der Waals surface area contributed by atoms with E-state index < -0.39 is 21.7 Å². The maximum atomic E-state index is 12.2. The molecule has 2 aromatic rings. The van der Waals surface area contributed by atoms with Crippen LogP contribution in [0.3, 0.4) is 0 Å². The number of carbonyl (C=O) groups is 2. The van der Waals surface area contributed by atoms with Crippen LogP contribution in [0.25, 0.3) is 0 Å². The number of rotatable bonds is 7. The van der Waals surface area contributed by atoms with Crippen molar-refractivity contribution in [2.45, 2.75) is 38.3 Å². The Labute approximate surface area is 172 Å². The van der Waals surface area contributed by atoms with Gasteiger partial charge >= 0.3 is 0 Å². The van der Waals surface area contributed by atoms with Crippen LogP contribution in [0.2, 0.25) is 0 Å². The van der Waals surface area contributed by atoms with Gasteiger partial charge in [0.1, 0.15) is 0 Å². The summed E-state index contributed by atoms with van der Waals surface area (Å²) in [6, 6.07) is 13.1. The lowest BCUT2D eigenvalue weighted by atomic mass is 10.1. The van der Waals surface area contributed by atoms with Gasteiger partial charge in [-0.3, -0.25) is 25.3 Å². The smallest absolute Gasteiger partial charge is 0.269 e. The van der Waals surface area contributed by atoms with Gasteiger partial charge in [-0.25, -0.2) is 8.42 Å². The van der Waals surface area contributed by atoms with Crippen molar-refractivity contribution >= 4 is 21.7 Å². The predicted molar refractivity (Wildman–Crippen MR) is 112 cm³/mol. The van der Waals surface area contributed by atoms with Gasteiger partial charge in [-0.15, -0.1) is 0 Å². The second-order valence-electron chi connectivity index (χ2n) is 7.06. The molecule has 156 valence electrons. The molecule has 0 heterocycles. The largest absolute Gasteiger partial charge is 0.297 e. The van der Waals surface area contributed by atoms with Crippen molar-refractivity contribution < 1.29 is 18.0 Å². The Morgan fingerprint density at radius 3 is 1.72 bits per heavy atom. The highest BCUT2D eigenvalue weighted by atomic mass is 32.2. The zero-order valence-electron chi connectivity index (χ0n) is 17.1. The Kier molecular flexibility index (Phi) is 7.53. The lowest BCUT2D eigenvalue weighted by Gasteiger charge is -2.24. The number of sulfone groups is 1. The van der Waals surface area contributed by atoms with E-state index in [4.69, 9.17) is 0 Å². The van der Waals surface area contributed by atoms with Crippen molar-refractivity contribution in [1.82, 2.24) is 15.8 Å². The summed E-state index contributed by atoms with van der Waals surface area (Å²) in [5, 5.41) is 0.